The minimum Gasteiger partial charge on any atom is -0.411 e. The van der Waals surface area contributed by atoms with Crippen LogP contribution < -0.4 is 0 Å². The van der Waals surface area contributed by atoms with Crippen LogP contribution in [0.1, 0.15) is 23.9 Å². The van der Waals surface area contributed by atoms with E-state index in [1.165, 1.54) is 10.9 Å². The quantitative estimate of drug-likeness (QED) is 0.292. The second-order valence-corrected chi connectivity index (χ2v) is 6.74. The van der Waals surface area contributed by atoms with Crippen molar-refractivity contribution in [3.05, 3.63) is 71.7 Å². The Labute approximate surface area is 169 Å². The minimum absolute atomic E-state index is 0.0289. The summed E-state index contributed by atoms with van der Waals surface area (Å²) in [6.07, 6.45) is -3.39. The number of nitrogens with zero attached hydrogens (tertiary/aromatic N) is 5. The van der Waals surface area contributed by atoms with Crippen molar-refractivity contribution in [2.45, 2.75) is 20.0 Å². The molecule has 0 aliphatic heterocycles. The van der Waals surface area contributed by atoms with E-state index in [0.717, 1.165) is 11.8 Å². The second-order valence-electron chi connectivity index (χ2n) is 6.74. The third kappa shape index (κ3) is 3.49. The molecule has 4 aromatic rings. The van der Waals surface area contributed by atoms with E-state index in [-0.39, 0.29) is 22.2 Å². The van der Waals surface area contributed by atoms with E-state index in [1.54, 1.807) is 56.3 Å². The molecular weight excluding hydrogens is 395 g/mol. The number of hydrogen-bond donors (Lipinski definition) is 1. The zero-order chi connectivity index (χ0) is 21.5. The number of aromatic nitrogens is 4. The molecule has 0 bridgehead atoms. The van der Waals surface area contributed by atoms with Crippen molar-refractivity contribution >= 4 is 16.6 Å². The van der Waals surface area contributed by atoms with Gasteiger partial charge in [-0.15, -0.1) is 0 Å². The number of alkyl halides is 3. The molecule has 0 aliphatic carbocycles. The Morgan fingerprint density at radius 1 is 1.07 bits per heavy atom. The molecule has 1 aromatic carbocycles. The van der Waals surface area contributed by atoms with Crippen molar-refractivity contribution in [2.24, 2.45) is 5.16 Å². The van der Waals surface area contributed by atoms with Gasteiger partial charge in [0.15, 0.2) is 5.82 Å². The molecule has 0 spiro atoms. The molecule has 0 saturated heterocycles. The molecule has 3 aromatic heterocycles. The fourth-order valence-electron chi connectivity index (χ4n) is 3.19. The Morgan fingerprint density at radius 2 is 1.83 bits per heavy atom. The van der Waals surface area contributed by atoms with Crippen molar-refractivity contribution in [1.82, 2.24) is 19.7 Å². The van der Waals surface area contributed by atoms with Gasteiger partial charge in [0.05, 0.1) is 28.7 Å². The largest absolute Gasteiger partial charge is 0.417 e. The van der Waals surface area contributed by atoms with Gasteiger partial charge in [-0.25, -0.2) is 14.6 Å². The number of aryl methyl sites for hydroxylation is 1. The Bertz CT molecular complexity index is 1280. The Hall–Kier alpha value is -3.75. The first-order valence-electron chi connectivity index (χ1n) is 8.97. The van der Waals surface area contributed by atoms with Crippen LogP contribution in [0.25, 0.3) is 28.0 Å². The highest BCUT2D eigenvalue weighted by Gasteiger charge is 2.34. The lowest BCUT2D eigenvalue weighted by molar-refractivity contribution is -0.136. The van der Waals surface area contributed by atoms with E-state index in [2.05, 4.69) is 20.2 Å². The summed E-state index contributed by atoms with van der Waals surface area (Å²) in [5.41, 5.74) is 1.35. The van der Waals surface area contributed by atoms with Crippen molar-refractivity contribution < 1.29 is 18.4 Å². The second kappa shape index (κ2) is 7.25. The number of fused-ring (bicyclic) bond motifs is 1. The first-order chi connectivity index (χ1) is 14.3. The van der Waals surface area contributed by atoms with Crippen molar-refractivity contribution in [3.63, 3.8) is 0 Å². The van der Waals surface area contributed by atoms with Gasteiger partial charge in [0.2, 0.25) is 0 Å². The minimum atomic E-state index is -4.58. The Kier molecular flexibility index (Phi) is 4.73. The Morgan fingerprint density at radius 3 is 2.53 bits per heavy atom. The molecule has 0 saturated carbocycles. The molecule has 9 heteroatoms. The first-order valence-corrected chi connectivity index (χ1v) is 8.97. The fraction of sp³-hybridized carbons (Fsp3) is 0.143. The number of hydrogen-bond acceptors (Lipinski definition) is 5. The van der Waals surface area contributed by atoms with Crippen LogP contribution in [-0.4, -0.2) is 30.7 Å². The number of benzene rings is 1. The van der Waals surface area contributed by atoms with Gasteiger partial charge < -0.3 is 5.21 Å². The van der Waals surface area contributed by atoms with Crippen LogP contribution in [0.15, 0.2) is 59.9 Å². The molecule has 152 valence electrons. The van der Waals surface area contributed by atoms with Crippen molar-refractivity contribution in [1.29, 1.82) is 0 Å². The molecule has 6 nitrogen and oxygen atoms in total. The molecule has 0 fully saturated rings. The summed E-state index contributed by atoms with van der Waals surface area (Å²) in [6, 6.07) is 12.7. The number of oxime groups is 1. The van der Waals surface area contributed by atoms with E-state index in [0.29, 0.717) is 17.2 Å². The zero-order valence-electron chi connectivity index (χ0n) is 16.0. The van der Waals surface area contributed by atoms with Crippen LogP contribution in [0, 0.1) is 6.92 Å². The normalized spacial score (nSPS) is 12.5. The maximum Gasteiger partial charge on any atom is 0.417 e. The van der Waals surface area contributed by atoms with Gasteiger partial charge in [0.25, 0.3) is 0 Å². The number of pyridine rings is 2. The molecule has 1 N–H and O–H groups in total. The van der Waals surface area contributed by atoms with Gasteiger partial charge in [-0.3, -0.25) is 0 Å². The summed E-state index contributed by atoms with van der Waals surface area (Å²) in [6.45, 7) is 3.34. The van der Waals surface area contributed by atoms with Crippen molar-refractivity contribution in [2.75, 3.05) is 0 Å². The van der Waals surface area contributed by atoms with Crippen LogP contribution in [0.5, 0.6) is 0 Å². The molecule has 0 atom stereocenters. The third-order valence-corrected chi connectivity index (χ3v) is 4.65. The monoisotopic (exact) mass is 411 g/mol. The maximum atomic E-state index is 13.8. The standard InChI is InChI=1S/C21H16F3N5O/c1-12-5-3-8-20(26-12)29-19-10-14(9-16(21(22,23)24)15(19)11-25-29)18-7-4-6-17(27-18)13(2)28-30/h3-11,30H,1-2H3/b28-13+. The number of rotatable bonds is 3. The highest BCUT2D eigenvalue weighted by molar-refractivity contribution is 5.97. The molecule has 0 radical (unpaired) electrons. The van der Waals surface area contributed by atoms with Crippen LogP contribution in [0.4, 0.5) is 13.2 Å². The Balaban J connectivity index is 1.99. The van der Waals surface area contributed by atoms with Gasteiger partial charge in [-0.1, -0.05) is 17.3 Å². The van der Waals surface area contributed by atoms with Gasteiger partial charge in [0, 0.05) is 16.6 Å². The summed E-state index contributed by atoms with van der Waals surface area (Å²) < 4.78 is 42.9. The predicted octanol–water partition coefficient (Wildman–Crippen LogP) is 5.01. The molecular formula is C21H16F3N5O. The summed E-state index contributed by atoms with van der Waals surface area (Å²) in [4.78, 5) is 8.71. The van der Waals surface area contributed by atoms with E-state index < -0.39 is 11.7 Å². The molecule has 0 aliphatic rings. The van der Waals surface area contributed by atoms with E-state index in [9.17, 15) is 13.2 Å². The SMILES string of the molecule is C/C(=N\O)c1cccc(-c2cc(C(F)(F)F)c3cnn(-c4cccc(C)n4)c3c2)n1. The number of halogens is 3. The van der Waals surface area contributed by atoms with Crippen LogP contribution >= 0.6 is 0 Å². The molecule has 30 heavy (non-hydrogen) atoms. The van der Waals surface area contributed by atoms with Gasteiger partial charge in [-0.2, -0.15) is 18.3 Å². The van der Waals surface area contributed by atoms with E-state index in [1.807, 2.05) is 0 Å². The lowest BCUT2D eigenvalue weighted by Crippen LogP contribution is -2.07. The topological polar surface area (TPSA) is 76.2 Å². The molecule has 0 unspecified atom stereocenters. The zero-order valence-corrected chi connectivity index (χ0v) is 16.0. The summed E-state index contributed by atoms with van der Waals surface area (Å²) in [5.74, 6) is 0.417. The smallest absolute Gasteiger partial charge is 0.411 e. The maximum absolute atomic E-state index is 13.8. The van der Waals surface area contributed by atoms with Gasteiger partial charge in [0.1, 0.15) is 5.71 Å². The van der Waals surface area contributed by atoms with Gasteiger partial charge in [-0.05, 0) is 50.2 Å². The molecule has 3 heterocycles. The first kappa shape index (κ1) is 19.6. The predicted molar refractivity (Wildman–Crippen MR) is 106 cm³/mol. The highest BCUT2D eigenvalue weighted by Crippen LogP contribution is 2.38. The average Bonchev–Trinajstić information content (AvgIpc) is 3.15. The lowest BCUT2D eigenvalue weighted by atomic mass is 10.0. The van der Waals surface area contributed by atoms with Gasteiger partial charge >= 0.3 is 6.18 Å². The summed E-state index contributed by atoms with van der Waals surface area (Å²) >= 11 is 0. The summed E-state index contributed by atoms with van der Waals surface area (Å²) in [7, 11) is 0. The molecule has 4 rings (SSSR count). The van der Waals surface area contributed by atoms with E-state index in [4.69, 9.17) is 5.21 Å². The summed E-state index contributed by atoms with van der Waals surface area (Å²) in [5, 5.41) is 16.2. The van der Waals surface area contributed by atoms with Crippen LogP contribution in [0.3, 0.4) is 0 Å². The van der Waals surface area contributed by atoms with E-state index >= 15 is 0 Å². The average molecular weight is 411 g/mol. The highest BCUT2D eigenvalue weighted by atomic mass is 19.4. The third-order valence-electron chi connectivity index (χ3n) is 4.65. The fourth-order valence-corrected chi connectivity index (χ4v) is 3.19. The van der Waals surface area contributed by atoms with Crippen molar-refractivity contribution in [3.8, 4) is 17.1 Å². The van der Waals surface area contributed by atoms with Crippen LogP contribution in [-0.2, 0) is 6.18 Å². The van der Waals surface area contributed by atoms with Crippen LogP contribution in [0.2, 0.25) is 0 Å². The molecule has 0 amide bonds. The lowest BCUT2D eigenvalue weighted by Gasteiger charge is -2.12.